The summed E-state index contributed by atoms with van der Waals surface area (Å²) < 4.78 is 25.9. The first-order valence-electron chi connectivity index (χ1n) is 4.60. The van der Waals surface area contributed by atoms with Crippen LogP contribution in [0, 0.1) is 0 Å². The quantitative estimate of drug-likeness (QED) is 0.378. The van der Waals surface area contributed by atoms with Gasteiger partial charge in [-0.25, -0.2) is 0 Å². The van der Waals surface area contributed by atoms with Crippen LogP contribution in [0.1, 0.15) is 9.11 Å². The van der Waals surface area contributed by atoms with Gasteiger partial charge in [-0.2, -0.15) is 0 Å². The molecule has 1 fully saturated rings. The first-order valence-corrected chi connectivity index (χ1v) is 3.19. The summed E-state index contributed by atoms with van der Waals surface area (Å²) in [6, 6.07) is 0. The predicted octanol–water partition coefficient (Wildman–Crippen LogP) is -2.19. The zero-order chi connectivity index (χ0) is 10.9. The van der Waals surface area contributed by atoms with Crippen LogP contribution in [0.25, 0.3) is 0 Å². The van der Waals surface area contributed by atoms with Crippen LogP contribution in [0.2, 0.25) is 0 Å². The number of rotatable bonds is 2. The largest absolute Gasteiger partial charge is 0.394 e. The van der Waals surface area contributed by atoms with Crippen molar-refractivity contribution in [1.82, 2.24) is 0 Å². The molecule has 0 aromatic rings. The van der Waals surface area contributed by atoms with Crippen LogP contribution in [0.15, 0.2) is 0 Å². The van der Waals surface area contributed by atoms with Gasteiger partial charge in [0.25, 0.3) is 0 Å². The minimum absolute atomic E-state index is 0.589. The average Bonchev–Trinajstić information content (AvgIpc) is 2.15. The summed E-state index contributed by atoms with van der Waals surface area (Å²) in [4.78, 5) is 0. The van der Waals surface area contributed by atoms with Gasteiger partial charge in [0.2, 0.25) is 1.43 Å². The molecule has 4 atom stereocenters. The van der Waals surface area contributed by atoms with Gasteiger partial charge < -0.3 is 25.2 Å². The third-order valence-corrected chi connectivity index (χ3v) is 1.49. The number of hydrogen-bond donors (Lipinski definition) is 4. The molecule has 0 aliphatic carbocycles. The zero-order valence-corrected chi connectivity index (χ0v) is 5.67. The van der Waals surface area contributed by atoms with Crippen molar-refractivity contribution in [3.63, 3.8) is 0 Å². The maximum Gasteiger partial charge on any atom is 0.213 e. The maximum absolute atomic E-state index is 9.33. The Morgan fingerprint density at radius 1 is 1.64 bits per heavy atom. The Bertz CT molecular complexity index is 198. The summed E-state index contributed by atoms with van der Waals surface area (Å²) in [7, 11) is 0. The van der Waals surface area contributed by atoms with E-state index in [1.807, 2.05) is 0 Å². The first-order chi connectivity index (χ1) is 6.45. The summed E-state index contributed by atoms with van der Waals surface area (Å²) in [5.41, 5.74) is 0. The summed E-state index contributed by atoms with van der Waals surface area (Å²) in [6.07, 6.45) is -8.46. The van der Waals surface area contributed by atoms with Crippen molar-refractivity contribution in [2.45, 2.75) is 31.0 Å². The Labute approximate surface area is 68.2 Å². The van der Waals surface area contributed by atoms with Gasteiger partial charge in [-0.3, -0.25) is 0 Å². The van der Waals surface area contributed by atoms with E-state index in [1.165, 1.54) is 0 Å². The molecule has 5 nitrogen and oxygen atoms in total. The summed E-state index contributed by atoms with van der Waals surface area (Å²) >= 11 is 0. The number of ether oxygens (including phenoxy) is 1. The zero-order valence-electron chi connectivity index (χ0n) is 8.67. The van der Waals surface area contributed by atoms with Crippen LogP contribution in [0.3, 0.4) is 0 Å². The molecule has 0 bridgehead atoms. The minimum atomic E-state index is -2.38. The lowest BCUT2D eigenvalue weighted by Gasteiger charge is -2.33. The lowest BCUT2D eigenvalue weighted by molar-refractivity contribution is -0.239. The van der Waals surface area contributed by atoms with E-state index < -0.39 is 37.6 Å². The molecule has 1 heterocycles. The molecular formula is C6H12O5. The van der Waals surface area contributed by atoms with Gasteiger partial charge in [-0.15, -0.1) is 0 Å². The summed E-state index contributed by atoms with van der Waals surface area (Å²) in [5.74, 6) is 0. The lowest BCUT2D eigenvalue weighted by atomic mass is 10.0. The van der Waals surface area contributed by atoms with Crippen LogP contribution in [0.5, 0.6) is 0 Å². The van der Waals surface area contributed by atoms with E-state index in [-0.39, 0.29) is 0 Å². The molecule has 0 saturated carbocycles. The molecule has 0 aromatic carbocycles. The number of aliphatic hydroxyl groups excluding tert-OH is 4. The van der Waals surface area contributed by atoms with Gasteiger partial charge in [0.1, 0.15) is 12.2 Å². The highest BCUT2D eigenvalue weighted by atomic mass is 16.6. The third kappa shape index (κ3) is 1.88. The molecule has 0 amide bonds. The fraction of sp³-hybridized carbons (Fsp3) is 1.00. The molecule has 66 valence electrons. The van der Waals surface area contributed by atoms with Gasteiger partial charge >= 0.3 is 0 Å². The Morgan fingerprint density at radius 2 is 2.36 bits per heavy atom. The van der Waals surface area contributed by atoms with Crippen molar-refractivity contribution in [1.29, 1.82) is 1.43 Å². The van der Waals surface area contributed by atoms with E-state index >= 15 is 0 Å². The summed E-state index contributed by atoms with van der Waals surface area (Å²) in [5, 5.41) is 31.3. The van der Waals surface area contributed by atoms with Gasteiger partial charge in [0.15, 0.2) is 6.29 Å². The van der Waals surface area contributed by atoms with Crippen LogP contribution in [0.4, 0.5) is 0 Å². The van der Waals surface area contributed by atoms with E-state index in [0.717, 1.165) is 0 Å². The van der Waals surface area contributed by atoms with Crippen LogP contribution in [-0.2, 0) is 4.74 Å². The van der Waals surface area contributed by atoms with Gasteiger partial charge in [0.05, 0.1) is 12.7 Å². The normalized spacial score (nSPS) is 54.3. The van der Waals surface area contributed by atoms with Crippen molar-refractivity contribution < 1.29 is 27.9 Å². The highest BCUT2D eigenvalue weighted by molar-refractivity contribution is 4.81. The molecule has 0 spiro atoms. The van der Waals surface area contributed by atoms with E-state index in [2.05, 4.69) is 5.11 Å². The second-order valence-corrected chi connectivity index (χ2v) is 2.29. The highest BCUT2D eigenvalue weighted by Crippen LogP contribution is 2.18. The Kier molecular flexibility index (Phi) is 1.72. The molecule has 0 radical (unpaired) electrons. The number of hydrogen-bond acceptors (Lipinski definition) is 5. The molecule has 11 heavy (non-hydrogen) atoms. The van der Waals surface area contributed by atoms with E-state index in [4.69, 9.17) is 14.0 Å². The van der Waals surface area contributed by atoms with Crippen LogP contribution < -0.4 is 0 Å². The maximum atomic E-state index is 9.33. The van der Waals surface area contributed by atoms with Crippen molar-refractivity contribution in [2.24, 2.45) is 0 Å². The highest BCUT2D eigenvalue weighted by Gasteiger charge is 2.35. The second-order valence-electron chi connectivity index (χ2n) is 2.29. The second kappa shape index (κ2) is 3.46. The van der Waals surface area contributed by atoms with E-state index in [1.54, 1.807) is 0 Å². The van der Waals surface area contributed by atoms with Crippen molar-refractivity contribution in [2.75, 3.05) is 6.61 Å². The molecule has 1 aliphatic heterocycles. The summed E-state index contributed by atoms with van der Waals surface area (Å²) in [6.45, 7) is -0.589. The van der Waals surface area contributed by atoms with Gasteiger partial charge in [0, 0.05) is 9.11 Å². The number of aliphatic hydroxyl groups is 4. The van der Waals surface area contributed by atoms with Crippen molar-refractivity contribution in [3.8, 4) is 0 Å². The fourth-order valence-corrected chi connectivity index (χ4v) is 0.871. The monoisotopic (exact) mass is 170 g/mol. The topological polar surface area (TPSA) is 90.2 Å². The average molecular weight is 170 g/mol. The van der Waals surface area contributed by atoms with Crippen molar-refractivity contribution in [3.05, 3.63) is 0 Å². The SMILES string of the molecule is [3H]OC1O[C@H](CO)[C@@H](O)[C@H](O)C1([3H])[3H]. The van der Waals surface area contributed by atoms with Crippen LogP contribution in [-0.4, -0.2) is 53.1 Å². The molecular weight excluding hydrogens is 152 g/mol. The molecule has 1 saturated heterocycles. The standard InChI is InChI=1S/C6H12O5/c7-2-4-6(10)3(8)1-5(9)11-4/h3-10H,1-2H2/t3-,4-,5?,6+/m1/s1/i1T2,9T. The molecule has 1 rings (SSSR count). The molecule has 1 unspecified atom stereocenters. The van der Waals surface area contributed by atoms with Crippen LogP contribution >= 0.6 is 0 Å². The van der Waals surface area contributed by atoms with Crippen molar-refractivity contribution >= 4 is 0 Å². The molecule has 4 N–H and O–H groups in total. The first kappa shape index (κ1) is 5.45. The van der Waals surface area contributed by atoms with Gasteiger partial charge in [-0.1, -0.05) is 0 Å². The fourth-order valence-electron chi connectivity index (χ4n) is 0.871. The lowest BCUT2D eigenvalue weighted by Crippen LogP contribution is -2.49. The minimum Gasteiger partial charge on any atom is -0.394 e. The van der Waals surface area contributed by atoms with E-state index in [0.29, 0.717) is 0 Å². The van der Waals surface area contributed by atoms with E-state index in [9.17, 15) is 10.2 Å². The molecule has 0 aromatic heterocycles. The third-order valence-electron chi connectivity index (χ3n) is 1.49. The molecule has 1 aliphatic rings. The predicted molar refractivity (Wildman–Crippen MR) is 34.6 cm³/mol. The smallest absolute Gasteiger partial charge is 0.213 e. The Hall–Kier alpha value is -0.200. The Balaban J connectivity index is 2.83. The Morgan fingerprint density at radius 3 is 2.91 bits per heavy atom. The molecule has 5 heteroatoms. The van der Waals surface area contributed by atoms with Gasteiger partial charge in [-0.05, 0) is 0 Å².